The number of carbonyl (C=O) groups is 1. The highest BCUT2D eigenvalue weighted by molar-refractivity contribution is 7.91. The lowest BCUT2D eigenvalue weighted by atomic mass is 10.1. The number of rotatable bonds is 3. The summed E-state index contributed by atoms with van der Waals surface area (Å²) in [5.74, 6) is 0.270. The van der Waals surface area contributed by atoms with Crippen LogP contribution in [0.25, 0.3) is 11.3 Å². The van der Waals surface area contributed by atoms with Gasteiger partial charge in [0.15, 0.2) is 15.6 Å². The summed E-state index contributed by atoms with van der Waals surface area (Å²) in [6.07, 6.45) is 1.85. The van der Waals surface area contributed by atoms with E-state index in [1.807, 2.05) is 30.3 Å². The Morgan fingerprint density at radius 3 is 2.68 bits per heavy atom. The second kappa shape index (κ2) is 5.57. The van der Waals surface area contributed by atoms with Crippen molar-refractivity contribution in [2.24, 2.45) is 0 Å². The Kier molecular flexibility index (Phi) is 3.74. The first-order chi connectivity index (χ1) is 10.5. The molecule has 1 saturated heterocycles. The monoisotopic (exact) mass is 320 g/mol. The molecule has 0 saturated carbocycles. The Hall–Kier alpha value is -2.15. The molecular weight excluding hydrogens is 304 g/mol. The van der Waals surface area contributed by atoms with Crippen LogP contribution in [0.2, 0.25) is 0 Å². The zero-order chi connectivity index (χ0) is 15.7. The van der Waals surface area contributed by atoms with E-state index in [4.69, 9.17) is 4.52 Å². The number of aromatic nitrogens is 1. The predicted octanol–water partition coefficient (Wildman–Crippen LogP) is 1.60. The highest BCUT2D eigenvalue weighted by Crippen LogP contribution is 2.26. The molecule has 1 aliphatic heterocycles. The lowest BCUT2D eigenvalue weighted by Crippen LogP contribution is -2.37. The molecule has 116 valence electrons. The third kappa shape index (κ3) is 2.76. The van der Waals surface area contributed by atoms with Gasteiger partial charge in [-0.15, -0.1) is 0 Å². The molecule has 0 bridgehead atoms. The fourth-order valence-electron chi connectivity index (χ4n) is 2.63. The van der Waals surface area contributed by atoms with Crippen molar-refractivity contribution >= 4 is 15.7 Å². The molecule has 1 atom stereocenters. The number of hydrogen-bond acceptors (Lipinski definition) is 5. The minimum absolute atomic E-state index is 0.0151. The van der Waals surface area contributed by atoms with Crippen molar-refractivity contribution in [3.05, 3.63) is 42.1 Å². The third-order valence-corrected chi connectivity index (χ3v) is 5.66. The predicted molar refractivity (Wildman–Crippen MR) is 81.1 cm³/mol. The van der Waals surface area contributed by atoms with Gasteiger partial charge in [-0.05, 0) is 6.42 Å². The molecule has 1 unspecified atom stereocenters. The number of hydrogen-bond donors (Lipinski definition) is 0. The first kappa shape index (κ1) is 14.8. The van der Waals surface area contributed by atoms with Gasteiger partial charge < -0.3 is 9.42 Å². The van der Waals surface area contributed by atoms with Crippen LogP contribution < -0.4 is 0 Å². The first-order valence-corrected chi connectivity index (χ1v) is 8.78. The first-order valence-electron chi connectivity index (χ1n) is 6.95. The van der Waals surface area contributed by atoms with E-state index in [1.54, 1.807) is 7.05 Å². The summed E-state index contributed by atoms with van der Waals surface area (Å²) in [5.41, 5.74) is 1.11. The van der Waals surface area contributed by atoms with Gasteiger partial charge >= 0.3 is 0 Å². The molecular formula is C15H16N2O4S. The van der Waals surface area contributed by atoms with Crippen molar-refractivity contribution in [3.8, 4) is 11.3 Å². The highest BCUT2D eigenvalue weighted by atomic mass is 32.2. The zero-order valence-electron chi connectivity index (χ0n) is 12.1. The minimum Gasteiger partial charge on any atom is -0.355 e. The van der Waals surface area contributed by atoms with Gasteiger partial charge in [0.25, 0.3) is 5.91 Å². The van der Waals surface area contributed by atoms with Crippen LogP contribution in [0.15, 0.2) is 41.1 Å². The fourth-order valence-corrected chi connectivity index (χ4v) is 4.40. The Morgan fingerprint density at radius 2 is 2.05 bits per heavy atom. The molecule has 0 spiro atoms. The number of sulfone groups is 1. The van der Waals surface area contributed by atoms with Gasteiger partial charge in [0, 0.05) is 18.7 Å². The van der Waals surface area contributed by atoms with Crippen LogP contribution in [-0.2, 0) is 9.84 Å². The third-order valence-electron chi connectivity index (χ3n) is 3.91. The maximum absolute atomic E-state index is 12.6. The summed E-state index contributed by atoms with van der Waals surface area (Å²) < 4.78 is 28.4. The minimum atomic E-state index is -3.04. The van der Waals surface area contributed by atoms with Gasteiger partial charge in [-0.25, -0.2) is 8.42 Å². The van der Waals surface area contributed by atoms with Crippen LogP contribution in [0, 0.1) is 0 Å². The van der Waals surface area contributed by atoms with Gasteiger partial charge in [0.05, 0.1) is 17.7 Å². The van der Waals surface area contributed by atoms with Crippen molar-refractivity contribution in [1.29, 1.82) is 0 Å². The van der Waals surface area contributed by atoms with Crippen molar-refractivity contribution < 1.29 is 17.7 Å². The van der Waals surface area contributed by atoms with Gasteiger partial charge in [-0.2, -0.15) is 0 Å². The van der Waals surface area contributed by atoms with Gasteiger partial charge in [-0.3, -0.25) is 4.79 Å². The van der Waals surface area contributed by atoms with E-state index in [2.05, 4.69) is 5.16 Å². The van der Waals surface area contributed by atoms with Gasteiger partial charge in [0.1, 0.15) is 5.56 Å². The van der Waals surface area contributed by atoms with E-state index in [0.717, 1.165) is 5.56 Å². The van der Waals surface area contributed by atoms with Crippen molar-refractivity contribution in [2.75, 3.05) is 18.6 Å². The lowest BCUT2D eigenvalue weighted by molar-refractivity contribution is 0.0748. The molecule has 3 rings (SSSR count). The van der Waals surface area contributed by atoms with Gasteiger partial charge in [-0.1, -0.05) is 35.5 Å². The van der Waals surface area contributed by atoms with Crippen molar-refractivity contribution in [1.82, 2.24) is 10.1 Å². The van der Waals surface area contributed by atoms with Gasteiger partial charge in [0.2, 0.25) is 0 Å². The molecule has 7 heteroatoms. The normalized spacial score (nSPS) is 20.0. The van der Waals surface area contributed by atoms with E-state index in [9.17, 15) is 13.2 Å². The average molecular weight is 320 g/mol. The Labute approximate surface area is 128 Å². The van der Waals surface area contributed by atoms with E-state index >= 15 is 0 Å². The molecule has 1 aromatic carbocycles. The Bertz CT molecular complexity index is 783. The summed E-state index contributed by atoms with van der Waals surface area (Å²) >= 11 is 0. The standard InChI is InChI=1S/C15H16N2O4S/c1-17(12-7-8-22(19,20)10-12)15(18)13-9-16-21-14(13)11-5-3-2-4-6-11/h2-6,9,12H,7-8,10H2,1H3. The Balaban J connectivity index is 1.86. The summed E-state index contributed by atoms with van der Waals surface area (Å²) in [4.78, 5) is 14.1. The number of carbonyl (C=O) groups excluding carboxylic acids is 1. The average Bonchev–Trinajstić information content (AvgIpc) is 3.13. The fraction of sp³-hybridized carbons (Fsp3) is 0.333. The molecule has 1 aromatic heterocycles. The summed E-state index contributed by atoms with van der Waals surface area (Å²) in [7, 11) is -1.42. The molecule has 2 heterocycles. The molecule has 22 heavy (non-hydrogen) atoms. The molecule has 0 aliphatic carbocycles. The molecule has 6 nitrogen and oxygen atoms in total. The Morgan fingerprint density at radius 1 is 1.32 bits per heavy atom. The topological polar surface area (TPSA) is 80.5 Å². The SMILES string of the molecule is CN(C(=O)c1cnoc1-c1ccccc1)C1CCS(=O)(=O)C1. The van der Waals surface area contributed by atoms with Crippen molar-refractivity contribution in [3.63, 3.8) is 0 Å². The van der Waals surface area contributed by atoms with Crippen LogP contribution in [-0.4, -0.2) is 49.0 Å². The molecule has 1 fully saturated rings. The van der Waals surface area contributed by atoms with Crippen molar-refractivity contribution in [2.45, 2.75) is 12.5 Å². The molecule has 2 aromatic rings. The van der Waals surface area contributed by atoms with Crippen LogP contribution in [0.3, 0.4) is 0 Å². The summed E-state index contributed by atoms with van der Waals surface area (Å²) in [6, 6.07) is 8.93. The second-order valence-electron chi connectivity index (χ2n) is 5.41. The second-order valence-corrected chi connectivity index (χ2v) is 7.64. The molecule has 1 aliphatic rings. The smallest absolute Gasteiger partial charge is 0.259 e. The van der Waals surface area contributed by atoms with E-state index < -0.39 is 9.84 Å². The van der Waals surface area contributed by atoms with E-state index in [-0.39, 0.29) is 23.5 Å². The number of benzene rings is 1. The van der Waals surface area contributed by atoms with Crippen LogP contribution in [0.1, 0.15) is 16.8 Å². The summed E-state index contributed by atoms with van der Waals surface area (Å²) in [5, 5.41) is 3.72. The van der Waals surface area contributed by atoms with Crippen LogP contribution in [0.5, 0.6) is 0 Å². The molecule has 1 amide bonds. The number of nitrogens with zero attached hydrogens (tertiary/aromatic N) is 2. The lowest BCUT2D eigenvalue weighted by Gasteiger charge is -2.22. The molecule has 0 N–H and O–H groups in total. The van der Waals surface area contributed by atoms with E-state index in [1.165, 1.54) is 11.1 Å². The quantitative estimate of drug-likeness (QED) is 0.858. The zero-order valence-corrected chi connectivity index (χ0v) is 12.9. The maximum atomic E-state index is 12.6. The van der Waals surface area contributed by atoms with Crippen LogP contribution in [0.4, 0.5) is 0 Å². The number of amides is 1. The summed E-state index contributed by atoms with van der Waals surface area (Å²) in [6.45, 7) is 0. The van der Waals surface area contributed by atoms with E-state index in [0.29, 0.717) is 17.7 Å². The molecule has 0 radical (unpaired) electrons. The van der Waals surface area contributed by atoms with Crippen LogP contribution >= 0.6 is 0 Å². The maximum Gasteiger partial charge on any atom is 0.259 e. The highest BCUT2D eigenvalue weighted by Gasteiger charge is 2.34. The largest absolute Gasteiger partial charge is 0.355 e.